The van der Waals surface area contributed by atoms with E-state index in [1.807, 2.05) is 91.0 Å². The molecule has 4 aromatic carbocycles. The number of aliphatic carboxylic acids is 1. The fourth-order valence-electron chi connectivity index (χ4n) is 5.94. The second-order valence-corrected chi connectivity index (χ2v) is 13.4. The summed E-state index contributed by atoms with van der Waals surface area (Å²) in [7, 11) is 0. The molecule has 1 fully saturated rings. The summed E-state index contributed by atoms with van der Waals surface area (Å²) in [6.45, 7) is 0.378. The van der Waals surface area contributed by atoms with Gasteiger partial charge in [0.1, 0.15) is 0 Å². The highest BCUT2D eigenvalue weighted by Gasteiger charge is 2.33. The molecule has 1 aromatic heterocycles. The van der Waals surface area contributed by atoms with Crippen molar-refractivity contribution in [3.05, 3.63) is 125 Å². The molecular weight excluding hydrogens is 667 g/mol. The van der Waals surface area contributed by atoms with Crippen LogP contribution in [-0.2, 0) is 32.2 Å². The molecule has 0 saturated carbocycles. The van der Waals surface area contributed by atoms with Crippen molar-refractivity contribution in [1.29, 1.82) is 0 Å². The van der Waals surface area contributed by atoms with Gasteiger partial charge in [0, 0.05) is 37.1 Å². The van der Waals surface area contributed by atoms with Gasteiger partial charge in [-0.1, -0.05) is 97.0 Å². The smallest absolute Gasteiger partial charge is 0.303 e. The van der Waals surface area contributed by atoms with E-state index in [0.717, 1.165) is 39.1 Å². The Balaban J connectivity index is 1.14. The molecule has 11 nitrogen and oxygen atoms in total. The van der Waals surface area contributed by atoms with Gasteiger partial charge in [-0.05, 0) is 75.4 Å². The number of carbonyl (C=O) groups excluding carboxylic acids is 1. The molecular formula is C39H41N5O6S. The van der Waals surface area contributed by atoms with Crippen LogP contribution >= 0.6 is 11.8 Å². The van der Waals surface area contributed by atoms with Crippen molar-refractivity contribution in [2.75, 3.05) is 5.75 Å². The van der Waals surface area contributed by atoms with E-state index in [9.17, 15) is 14.7 Å². The molecule has 2 heterocycles. The van der Waals surface area contributed by atoms with Gasteiger partial charge in [-0.2, -0.15) is 4.68 Å². The summed E-state index contributed by atoms with van der Waals surface area (Å²) >= 11 is 1.53. The number of aromatic nitrogens is 4. The third-order valence-electron chi connectivity index (χ3n) is 8.66. The quantitative estimate of drug-likeness (QED) is 0.0738. The van der Waals surface area contributed by atoms with Crippen LogP contribution < -0.4 is 5.32 Å². The maximum absolute atomic E-state index is 12.4. The number of amides is 1. The normalized spacial score (nSPS) is 17.2. The predicted octanol–water partition coefficient (Wildman–Crippen LogP) is 6.81. The lowest BCUT2D eigenvalue weighted by Crippen LogP contribution is -2.31. The number of carbonyl (C=O) groups is 2. The summed E-state index contributed by atoms with van der Waals surface area (Å²) in [5.74, 6) is -0.251. The summed E-state index contributed by atoms with van der Waals surface area (Å²) < 4.78 is 15.0. The number of thioether (sulfide) groups is 1. The van der Waals surface area contributed by atoms with Gasteiger partial charge < -0.3 is 25.0 Å². The molecule has 0 aliphatic carbocycles. The Morgan fingerprint density at radius 3 is 2.37 bits per heavy atom. The van der Waals surface area contributed by atoms with Crippen molar-refractivity contribution in [1.82, 2.24) is 25.5 Å². The van der Waals surface area contributed by atoms with Gasteiger partial charge in [0.25, 0.3) is 0 Å². The van der Waals surface area contributed by atoms with E-state index in [0.29, 0.717) is 49.6 Å². The first-order valence-corrected chi connectivity index (χ1v) is 18.1. The largest absolute Gasteiger partial charge is 0.481 e. The SMILES string of the molecule is O=C(O)CCCCCC(=O)NCc1cccc(-c2cccc([C@H]3O[C@@H](CSc4nnnn4-c4ccccc4)C[C@@H](c4ccc(CO)cc4)O3)c2)c1. The van der Waals surface area contributed by atoms with Crippen molar-refractivity contribution in [2.24, 2.45) is 0 Å². The van der Waals surface area contributed by atoms with Crippen LogP contribution in [0.1, 0.15) is 73.2 Å². The van der Waals surface area contributed by atoms with Crippen LogP contribution in [0.2, 0.25) is 0 Å². The van der Waals surface area contributed by atoms with Crippen LogP contribution in [0.5, 0.6) is 0 Å². The van der Waals surface area contributed by atoms with Gasteiger partial charge in [-0.15, -0.1) is 5.10 Å². The fraction of sp³-hybridized carbons (Fsp3) is 0.308. The van der Waals surface area contributed by atoms with Gasteiger partial charge in [-0.3, -0.25) is 9.59 Å². The highest BCUT2D eigenvalue weighted by atomic mass is 32.2. The van der Waals surface area contributed by atoms with Crippen LogP contribution in [0.15, 0.2) is 108 Å². The molecule has 1 aliphatic heterocycles. The molecule has 6 rings (SSSR count). The number of hydrogen-bond donors (Lipinski definition) is 3. The number of carboxylic acid groups (broad SMARTS) is 1. The minimum atomic E-state index is -0.809. The molecule has 0 unspecified atom stereocenters. The average Bonchev–Trinajstić information content (AvgIpc) is 3.65. The van der Waals surface area contributed by atoms with Gasteiger partial charge >= 0.3 is 5.97 Å². The molecule has 1 saturated heterocycles. The average molecular weight is 708 g/mol. The number of aliphatic hydroxyl groups excluding tert-OH is 1. The maximum atomic E-state index is 12.4. The number of unbranched alkanes of at least 4 members (excludes halogenated alkanes) is 2. The third-order valence-corrected chi connectivity index (χ3v) is 9.71. The second kappa shape index (κ2) is 17.9. The fourth-order valence-corrected chi connectivity index (χ4v) is 6.85. The topological polar surface area (TPSA) is 149 Å². The van der Waals surface area contributed by atoms with Crippen LogP contribution in [0.4, 0.5) is 0 Å². The molecule has 5 aromatic rings. The molecule has 264 valence electrons. The van der Waals surface area contributed by atoms with Crippen LogP contribution in [-0.4, -0.2) is 54.2 Å². The summed E-state index contributed by atoms with van der Waals surface area (Å²) in [5.41, 5.74) is 6.59. The standard InChI is InChI=1S/C39H41N5O6S/c45-25-27-17-19-29(20-18-27)35-23-34(26-51-39-41-42-43-44(39)33-13-3-1-4-14-33)49-38(50-35)32-12-8-11-31(22-32)30-10-7-9-28(21-30)24-40-36(46)15-5-2-6-16-37(47)48/h1,3-4,7-14,17-22,34-35,38,45H,2,5-6,15-16,23-26H2,(H,40,46)(H,47,48)/t34-,35+,38+/m1/s1. The number of benzene rings is 4. The summed E-state index contributed by atoms with van der Waals surface area (Å²) in [6.07, 6.45) is 2.05. The van der Waals surface area contributed by atoms with E-state index in [1.54, 1.807) is 4.68 Å². The van der Waals surface area contributed by atoms with Crippen LogP contribution in [0.25, 0.3) is 16.8 Å². The highest BCUT2D eigenvalue weighted by Crippen LogP contribution is 2.40. The number of nitrogens with zero attached hydrogens (tertiary/aromatic N) is 4. The molecule has 1 aliphatic rings. The molecule has 3 atom stereocenters. The predicted molar refractivity (Wildman–Crippen MR) is 193 cm³/mol. The van der Waals surface area contributed by atoms with E-state index >= 15 is 0 Å². The Kier molecular flexibility index (Phi) is 12.6. The number of ether oxygens (including phenoxy) is 2. The second-order valence-electron chi connectivity index (χ2n) is 12.4. The third kappa shape index (κ3) is 10.1. The molecule has 0 bridgehead atoms. The summed E-state index contributed by atoms with van der Waals surface area (Å²) in [4.78, 5) is 23.1. The number of carboxylic acids is 1. The molecule has 51 heavy (non-hydrogen) atoms. The Labute approximate surface area is 301 Å². The van der Waals surface area contributed by atoms with Gasteiger partial charge in [0.2, 0.25) is 11.1 Å². The number of rotatable bonds is 16. The molecule has 1 amide bonds. The zero-order chi connectivity index (χ0) is 35.4. The first-order valence-electron chi connectivity index (χ1n) is 17.1. The Morgan fingerprint density at radius 2 is 1.59 bits per heavy atom. The van der Waals surface area contributed by atoms with E-state index in [4.69, 9.17) is 14.6 Å². The maximum Gasteiger partial charge on any atom is 0.303 e. The van der Waals surface area contributed by atoms with Gasteiger partial charge in [-0.25, -0.2) is 0 Å². The van der Waals surface area contributed by atoms with Crippen LogP contribution in [0.3, 0.4) is 0 Å². The van der Waals surface area contributed by atoms with E-state index in [1.165, 1.54) is 11.8 Å². The summed E-state index contributed by atoms with van der Waals surface area (Å²) in [6, 6.07) is 33.8. The van der Waals surface area contributed by atoms with Crippen molar-refractivity contribution >= 4 is 23.6 Å². The van der Waals surface area contributed by atoms with Crippen LogP contribution in [0, 0.1) is 0 Å². The van der Waals surface area contributed by atoms with Crippen molar-refractivity contribution in [3.8, 4) is 16.8 Å². The van der Waals surface area contributed by atoms with E-state index < -0.39 is 12.3 Å². The Hall–Kier alpha value is -4.88. The number of para-hydroxylation sites is 1. The lowest BCUT2D eigenvalue weighted by atomic mass is 9.99. The Morgan fingerprint density at radius 1 is 0.824 bits per heavy atom. The van der Waals surface area contributed by atoms with Crippen molar-refractivity contribution < 1.29 is 29.3 Å². The van der Waals surface area contributed by atoms with Gasteiger partial charge in [0.05, 0.1) is 24.5 Å². The number of hydrogen-bond acceptors (Lipinski definition) is 9. The molecule has 12 heteroatoms. The number of tetrazole rings is 1. The lowest BCUT2D eigenvalue weighted by Gasteiger charge is -2.36. The van der Waals surface area contributed by atoms with Crippen molar-refractivity contribution in [3.63, 3.8) is 0 Å². The summed E-state index contributed by atoms with van der Waals surface area (Å²) in [5, 5.41) is 34.4. The number of nitrogens with one attached hydrogen (secondary N) is 1. The Bertz CT molecular complexity index is 1890. The first-order chi connectivity index (χ1) is 24.9. The number of aliphatic hydroxyl groups is 1. The minimum Gasteiger partial charge on any atom is -0.481 e. The minimum absolute atomic E-state index is 0.0243. The monoisotopic (exact) mass is 707 g/mol. The van der Waals surface area contributed by atoms with Crippen molar-refractivity contribution in [2.45, 2.75) is 75.3 Å². The van der Waals surface area contributed by atoms with E-state index in [2.05, 4.69) is 33.0 Å². The zero-order valence-corrected chi connectivity index (χ0v) is 29.0. The lowest BCUT2D eigenvalue weighted by molar-refractivity contribution is -0.245. The molecule has 0 spiro atoms. The first kappa shape index (κ1) is 35.9. The highest BCUT2D eigenvalue weighted by molar-refractivity contribution is 7.99. The molecule has 3 N–H and O–H groups in total. The molecule has 0 radical (unpaired) electrons. The van der Waals surface area contributed by atoms with Gasteiger partial charge in [0.15, 0.2) is 6.29 Å². The zero-order valence-electron chi connectivity index (χ0n) is 28.1. The van der Waals surface area contributed by atoms with E-state index in [-0.39, 0.29) is 31.1 Å².